The summed E-state index contributed by atoms with van der Waals surface area (Å²) < 4.78 is 0. The second kappa shape index (κ2) is 7.37. The molecule has 2 heterocycles. The summed E-state index contributed by atoms with van der Waals surface area (Å²) in [7, 11) is 0. The van der Waals surface area contributed by atoms with Crippen LogP contribution in [0.25, 0.3) is 10.6 Å². The van der Waals surface area contributed by atoms with Crippen molar-refractivity contribution in [2.24, 2.45) is 0 Å². The van der Waals surface area contributed by atoms with Crippen LogP contribution in [0.4, 0.5) is 11.4 Å². The minimum atomic E-state index is -0.599. The van der Waals surface area contributed by atoms with Crippen LogP contribution in [0.3, 0.4) is 0 Å². The Kier molecular flexibility index (Phi) is 5.01. The predicted molar refractivity (Wildman–Crippen MR) is 95.8 cm³/mol. The highest BCUT2D eigenvalue weighted by Crippen LogP contribution is 2.27. The highest BCUT2D eigenvalue weighted by Gasteiger charge is 2.15. The van der Waals surface area contributed by atoms with Gasteiger partial charge in [0.2, 0.25) is 5.91 Å². The van der Waals surface area contributed by atoms with Gasteiger partial charge >= 0.3 is 0 Å². The fourth-order valence-corrected chi connectivity index (χ4v) is 3.11. The van der Waals surface area contributed by atoms with Crippen molar-refractivity contribution in [1.29, 1.82) is 0 Å². The lowest BCUT2D eigenvalue weighted by atomic mass is 10.2. The number of halogens is 1. The van der Waals surface area contributed by atoms with E-state index < -0.39 is 4.92 Å². The van der Waals surface area contributed by atoms with Crippen molar-refractivity contribution in [2.75, 3.05) is 5.32 Å². The number of aromatic nitrogens is 2. The van der Waals surface area contributed by atoms with Crippen molar-refractivity contribution in [3.05, 3.63) is 68.9 Å². The number of rotatable bonds is 5. The number of nitro benzene ring substituents is 1. The smallest absolute Gasteiger partial charge is 0.289 e. The van der Waals surface area contributed by atoms with Gasteiger partial charge < -0.3 is 5.32 Å². The van der Waals surface area contributed by atoms with E-state index in [0.29, 0.717) is 11.4 Å². The third-order valence-corrected chi connectivity index (χ3v) is 4.49. The van der Waals surface area contributed by atoms with Gasteiger partial charge in [0, 0.05) is 35.1 Å². The second-order valence-corrected chi connectivity index (χ2v) is 6.30. The molecule has 1 N–H and O–H groups in total. The molecule has 0 bridgehead atoms. The number of benzene rings is 1. The molecule has 0 radical (unpaired) electrons. The largest absolute Gasteiger partial charge is 0.325 e. The van der Waals surface area contributed by atoms with Gasteiger partial charge in [-0.15, -0.1) is 11.3 Å². The van der Waals surface area contributed by atoms with Crippen LogP contribution in [-0.4, -0.2) is 20.8 Å². The highest BCUT2D eigenvalue weighted by atomic mass is 35.5. The lowest BCUT2D eigenvalue weighted by Crippen LogP contribution is -2.14. The maximum absolute atomic E-state index is 12.1. The number of nitrogens with zero attached hydrogens (tertiary/aromatic N) is 3. The molecule has 3 aromatic rings. The first-order chi connectivity index (χ1) is 12.0. The number of nitrogens with one attached hydrogen (secondary N) is 1. The maximum atomic E-state index is 12.1. The summed E-state index contributed by atoms with van der Waals surface area (Å²) in [5.74, 6) is -0.320. The Morgan fingerprint density at radius 2 is 2.20 bits per heavy atom. The quantitative estimate of drug-likeness (QED) is 0.538. The van der Waals surface area contributed by atoms with Crippen molar-refractivity contribution in [2.45, 2.75) is 6.42 Å². The summed E-state index contributed by atoms with van der Waals surface area (Å²) in [6, 6.07) is 7.81. The molecule has 0 spiro atoms. The zero-order chi connectivity index (χ0) is 17.8. The molecular formula is C16H11ClN4O3S. The molecule has 0 aliphatic heterocycles. The van der Waals surface area contributed by atoms with Gasteiger partial charge in [-0.3, -0.25) is 19.9 Å². The number of hydrogen-bond acceptors (Lipinski definition) is 6. The molecule has 0 saturated heterocycles. The van der Waals surface area contributed by atoms with Crippen LogP contribution in [0, 0.1) is 10.1 Å². The Morgan fingerprint density at radius 3 is 2.92 bits per heavy atom. The van der Waals surface area contributed by atoms with E-state index in [4.69, 9.17) is 11.6 Å². The Morgan fingerprint density at radius 1 is 1.36 bits per heavy atom. The topological polar surface area (TPSA) is 98.0 Å². The van der Waals surface area contributed by atoms with Crippen molar-refractivity contribution in [1.82, 2.24) is 9.97 Å². The van der Waals surface area contributed by atoms with E-state index >= 15 is 0 Å². The van der Waals surface area contributed by atoms with E-state index in [1.807, 2.05) is 12.1 Å². The Labute approximate surface area is 151 Å². The van der Waals surface area contributed by atoms with Gasteiger partial charge in [-0.25, -0.2) is 4.98 Å². The molecule has 0 aliphatic rings. The highest BCUT2D eigenvalue weighted by molar-refractivity contribution is 7.13. The summed E-state index contributed by atoms with van der Waals surface area (Å²) in [6.45, 7) is 0. The van der Waals surface area contributed by atoms with Crippen LogP contribution in [0.15, 0.2) is 48.1 Å². The molecule has 1 aromatic carbocycles. The Bertz CT molecular complexity index is 930. The molecule has 2 aromatic heterocycles. The third-order valence-electron chi connectivity index (χ3n) is 3.23. The van der Waals surface area contributed by atoms with Gasteiger partial charge in [0.05, 0.1) is 17.0 Å². The number of nitro groups is 1. The van der Waals surface area contributed by atoms with Crippen molar-refractivity contribution >= 4 is 40.2 Å². The first-order valence-corrected chi connectivity index (χ1v) is 8.37. The summed E-state index contributed by atoms with van der Waals surface area (Å²) in [5.41, 5.74) is 1.55. The number of amides is 1. The zero-order valence-corrected chi connectivity index (χ0v) is 14.3. The van der Waals surface area contributed by atoms with Gasteiger partial charge in [0.25, 0.3) is 5.69 Å². The van der Waals surface area contributed by atoms with Crippen LogP contribution >= 0.6 is 22.9 Å². The molecule has 0 unspecified atom stereocenters. The fraction of sp³-hybridized carbons (Fsp3) is 0.0625. The van der Waals surface area contributed by atoms with E-state index in [-0.39, 0.29) is 23.0 Å². The summed E-state index contributed by atoms with van der Waals surface area (Å²) in [4.78, 5) is 30.9. The molecule has 0 fully saturated rings. The number of thiazole rings is 1. The molecule has 1 amide bonds. The summed E-state index contributed by atoms with van der Waals surface area (Å²) >= 11 is 7.17. The number of hydrogen-bond donors (Lipinski definition) is 1. The molecule has 0 saturated carbocycles. The monoisotopic (exact) mass is 374 g/mol. The minimum absolute atomic E-state index is 0.0172. The minimum Gasteiger partial charge on any atom is -0.325 e. The number of pyridine rings is 1. The Balaban J connectivity index is 1.68. The van der Waals surface area contributed by atoms with E-state index in [9.17, 15) is 14.9 Å². The Hall–Kier alpha value is -2.84. The van der Waals surface area contributed by atoms with Crippen molar-refractivity contribution in [3.63, 3.8) is 0 Å². The van der Waals surface area contributed by atoms with E-state index in [0.717, 1.165) is 10.6 Å². The normalized spacial score (nSPS) is 10.4. The standard InChI is InChI=1S/C16H11ClN4O3S/c17-13-4-3-11(6-14(13)21(23)24)19-15(22)7-12-9-25-16(20-12)10-2-1-5-18-8-10/h1-6,8-9H,7H2,(H,19,22). The average Bonchev–Trinajstić information content (AvgIpc) is 3.05. The predicted octanol–water partition coefficient (Wildman–Crippen LogP) is 3.95. The van der Waals surface area contributed by atoms with Gasteiger partial charge in [0.1, 0.15) is 10.0 Å². The first-order valence-electron chi connectivity index (χ1n) is 7.11. The molecule has 126 valence electrons. The summed E-state index contributed by atoms with van der Waals surface area (Å²) in [6.07, 6.45) is 3.44. The molecular weight excluding hydrogens is 364 g/mol. The van der Waals surface area contributed by atoms with Crippen LogP contribution in [0.2, 0.25) is 5.02 Å². The maximum Gasteiger partial charge on any atom is 0.289 e. The van der Waals surface area contributed by atoms with E-state index in [1.54, 1.807) is 17.8 Å². The van der Waals surface area contributed by atoms with Crippen molar-refractivity contribution < 1.29 is 9.72 Å². The van der Waals surface area contributed by atoms with E-state index in [2.05, 4.69) is 15.3 Å². The zero-order valence-electron chi connectivity index (χ0n) is 12.7. The van der Waals surface area contributed by atoms with E-state index in [1.165, 1.54) is 29.5 Å². The van der Waals surface area contributed by atoms with Crippen LogP contribution in [-0.2, 0) is 11.2 Å². The van der Waals surface area contributed by atoms with Crippen LogP contribution in [0.5, 0.6) is 0 Å². The molecule has 25 heavy (non-hydrogen) atoms. The average molecular weight is 375 g/mol. The number of anilines is 1. The second-order valence-electron chi connectivity index (χ2n) is 5.03. The molecule has 9 heteroatoms. The summed E-state index contributed by atoms with van der Waals surface area (Å²) in [5, 5.41) is 16.1. The number of carbonyl (C=O) groups is 1. The molecule has 0 aliphatic carbocycles. The van der Waals surface area contributed by atoms with Gasteiger partial charge in [-0.1, -0.05) is 11.6 Å². The lowest BCUT2D eigenvalue weighted by molar-refractivity contribution is -0.384. The lowest BCUT2D eigenvalue weighted by Gasteiger charge is -2.04. The van der Waals surface area contributed by atoms with Gasteiger partial charge in [-0.05, 0) is 24.3 Å². The van der Waals surface area contributed by atoms with Gasteiger partial charge in [0.15, 0.2) is 0 Å². The molecule has 3 rings (SSSR count). The fourth-order valence-electron chi connectivity index (χ4n) is 2.11. The molecule has 0 atom stereocenters. The molecule has 7 nitrogen and oxygen atoms in total. The first kappa shape index (κ1) is 17.0. The van der Waals surface area contributed by atoms with Crippen LogP contribution < -0.4 is 5.32 Å². The van der Waals surface area contributed by atoms with Crippen LogP contribution in [0.1, 0.15) is 5.69 Å². The SMILES string of the molecule is O=C(Cc1csc(-c2cccnc2)n1)Nc1ccc(Cl)c([N+](=O)[O-])c1. The van der Waals surface area contributed by atoms with Crippen molar-refractivity contribution in [3.8, 4) is 10.6 Å². The third kappa shape index (κ3) is 4.17. The van der Waals surface area contributed by atoms with Gasteiger partial charge in [-0.2, -0.15) is 0 Å². The number of carbonyl (C=O) groups excluding carboxylic acids is 1.